The monoisotopic (exact) mass is 521 g/mol. The summed E-state index contributed by atoms with van der Waals surface area (Å²) >= 11 is 0. The van der Waals surface area contributed by atoms with E-state index in [-0.39, 0.29) is 30.0 Å². The van der Waals surface area contributed by atoms with Gasteiger partial charge >= 0.3 is 6.03 Å². The second-order valence-corrected chi connectivity index (χ2v) is 7.57. The van der Waals surface area contributed by atoms with E-state index in [0.717, 1.165) is 49.7 Å². The van der Waals surface area contributed by atoms with Crippen molar-refractivity contribution in [2.75, 3.05) is 32.5 Å². The van der Waals surface area contributed by atoms with Gasteiger partial charge in [-0.05, 0) is 43.0 Å². The van der Waals surface area contributed by atoms with Crippen molar-refractivity contribution in [1.82, 2.24) is 15.1 Å². The molecule has 6 nitrogen and oxygen atoms in total. The van der Waals surface area contributed by atoms with Crippen LogP contribution in [0.1, 0.15) is 29.5 Å². The summed E-state index contributed by atoms with van der Waals surface area (Å²) in [6, 6.07) is 16.5. The highest BCUT2D eigenvalue weighted by atomic mass is 127. The molecule has 30 heavy (non-hydrogen) atoms. The molecular formula is C23H32IN5O. The van der Waals surface area contributed by atoms with Crippen LogP contribution >= 0.6 is 24.0 Å². The van der Waals surface area contributed by atoms with E-state index in [1.807, 2.05) is 36.2 Å². The van der Waals surface area contributed by atoms with E-state index in [9.17, 15) is 4.79 Å². The molecule has 0 bridgehead atoms. The molecule has 0 aromatic heterocycles. The van der Waals surface area contributed by atoms with Crippen LogP contribution in [-0.2, 0) is 13.1 Å². The number of halogens is 1. The lowest BCUT2D eigenvalue weighted by molar-refractivity contribution is 0.222. The highest BCUT2D eigenvalue weighted by Gasteiger charge is 2.17. The number of rotatable bonds is 5. The van der Waals surface area contributed by atoms with Crippen molar-refractivity contribution >= 4 is 41.7 Å². The minimum atomic E-state index is -0.0127. The number of hydrogen-bond donors (Lipinski definition) is 2. The Morgan fingerprint density at radius 3 is 2.47 bits per heavy atom. The Balaban J connectivity index is 0.00000320. The molecule has 2 N–H and O–H groups in total. The van der Waals surface area contributed by atoms with Crippen LogP contribution in [0.4, 0.5) is 10.5 Å². The molecule has 1 heterocycles. The number of nitrogens with one attached hydrogen (secondary N) is 2. The second kappa shape index (κ2) is 11.8. The highest BCUT2D eigenvalue weighted by Crippen LogP contribution is 2.14. The molecular weight excluding hydrogens is 489 g/mol. The quantitative estimate of drug-likeness (QED) is 0.348. The summed E-state index contributed by atoms with van der Waals surface area (Å²) in [6.07, 6.45) is 2.18. The number of nitrogens with zero attached hydrogens (tertiary/aromatic N) is 3. The van der Waals surface area contributed by atoms with Crippen LogP contribution in [-0.4, -0.2) is 49.0 Å². The zero-order valence-corrected chi connectivity index (χ0v) is 20.3. The molecule has 162 valence electrons. The van der Waals surface area contributed by atoms with Gasteiger partial charge in [0.25, 0.3) is 0 Å². The van der Waals surface area contributed by atoms with Crippen molar-refractivity contribution in [2.24, 2.45) is 4.99 Å². The van der Waals surface area contributed by atoms with Gasteiger partial charge in [0.1, 0.15) is 0 Å². The Kier molecular flexibility index (Phi) is 9.42. The van der Waals surface area contributed by atoms with Gasteiger partial charge in [-0.2, -0.15) is 0 Å². The molecule has 3 rings (SSSR count). The Morgan fingerprint density at radius 1 is 1.10 bits per heavy atom. The van der Waals surface area contributed by atoms with Crippen LogP contribution in [0.3, 0.4) is 0 Å². The van der Waals surface area contributed by atoms with E-state index in [0.29, 0.717) is 6.54 Å². The zero-order valence-electron chi connectivity index (χ0n) is 18.0. The summed E-state index contributed by atoms with van der Waals surface area (Å²) in [5.74, 6) is 0.831. The lowest BCUT2D eigenvalue weighted by Gasteiger charge is -2.22. The van der Waals surface area contributed by atoms with Crippen LogP contribution in [0.5, 0.6) is 0 Å². The van der Waals surface area contributed by atoms with E-state index in [1.165, 1.54) is 11.1 Å². The number of likely N-dealkylation sites (tertiary alicyclic amines) is 1. The molecule has 0 saturated carbocycles. The Hall–Kier alpha value is -2.29. The van der Waals surface area contributed by atoms with Crippen LogP contribution in [0.2, 0.25) is 0 Å². The number of anilines is 1. The number of hydrogen-bond acceptors (Lipinski definition) is 2. The van der Waals surface area contributed by atoms with E-state index >= 15 is 0 Å². The normalized spacial score (nSPS) is 13.6. The summed E-state index contributed by atoms with van der Waals surface area (Å²) < 4.78 is 0. The first kappa shape index (κ1) is 24.0. The van der Waals surface area contributed by atoms with Gasteiger partial charge in [0.2, 0.25) is 0 Å². The maximum Gasteiger partial charge on any atom is 0.321 e. The molecule has 0 atom stereocenters. The molecule has 1 saturated heterocycles. The van der Waals surface area contributed by atoms with Crippen molar-refractivity contribution in [3.8, 4) is 0 Å². The molecule has 2 amide bonds. The molecule has 2 aromatic carbocycles. The minimum absolute atomic E-state index is 0. The molecule has 0 spiro atoms. The SMILES string of the molecule is CN=C(NCc1cccc(NC(=O)N2CCCC2)c1)N(C)Cc1ccc(C)cc1.I. The van der Waals surface area contributed by atoms with Gasteiger partial charge in [-0.1, -0.05) is 42.0 Å². The summed E-state index contributed by atoms with van der Waals surface area (Å²) in [4.78, 5) is 20.7. The smallest absolute Gasteiger partial charge is 0.321 e. The van der Waals surface area contributed by atoms with Crippen LogP contribution in [0.25, 0.3) is 0 Å². The number of aryl methyl sites for hydroxylation is 1. The molecule has 0 radical (unpaired) electrons. The molecule has 0 aliphatic carbocycles. The van der Waals surface area contributed by atoms with E-state index in [1.54, 1.807) is 7.05 Å². The number of carbonyl (C=O) groups is 1. The Morgan fingerprint density at radius 2 is 1.80 bits per heavy atom. The lowest BCUT2D eigenvalue weighted by atomic mass is 10.1. The van der Waals surface area contributed by atoms with Gasteiger partial charge in [0.15, 0.2) is 5.96 Å². The number of amides is 2. The highest BCUT2D eigenvalue weighted by molar-refractivity contribution is 14.0. The third-order valence-corrected chi connectivity index (χ3v) is 5.14. The van der Waals surface area contributed by atoms with Crippen LogP contribution < -0.4 is 10.6 Å². The van der Waals surface area contributed by atoms with Crippen molar-refractivity contribution in [3.05, 3.63) is 65.2 Å². The molecule has 2 aromatic rings. The summed E-state index contributed by atoms with van der Waals surface area (Å²) in [5, 5.41) is 6.41. The third kappa shape index (κ3) is 6.90. The summed E-state index contributed by atoms with van der Waals surface area (Å²) in [7, 11) is 3.82. The molecule has 1 aliphatic heterocycles. The first-order valence-electron chi connectivity index (χ1n) is 10.2. The predicted octanol–water partition coefficient (Wildman–Crippen LogP) is 4.45. The number of guanidine groups is 1. The Bertz CT molecular complexity index is 847. The molecule has 7 heteroatoms. The zero-order chi connectivity index (χ0) is 20.6. The van der Waals surface area contributed by atoms with Gasteiger partial charge in [0, 0.05) is 46.0 Å². The fraction of sp³-hybridized carbons (Fsp3) is 0.391. The molecule has 1 fully saturated rings. The van der Waals surface area contributed by atoms with Crippen molar-refractivity contribution in [2.45, 2.75) is 32.9 Å². The van der Waals surface area contributed by atoms with Gasteiger partial charge in [-0.3, -0.25) is 4.99 Å². The Labute approximate surface area is 196 Å². The fourth-order valence-electron chi connectivity index (χ4n) is 3.49. The standard InChI is InChI=1S/C23H31N5O.HI/c1-18-9-11-19(12-10-18)17-27(3)22(24-2)25-16-20-7-6-8-21(15-20)26-23(29)28-13-4-5-14-28;/h6-12,15H,4-5,13-14,16-17H2,1-3H3,(H,24,25)(H,26,29);1H. The van der Waals surface area contributed by atoms with Crippen molar-refractivity contribution < 1.29 is 4.79 Å². The van der Waals surface area contributed by atoms with Gasteiger partial charge in [-0.25, -0.2) is 4.79 Å². The van der Waals surface area contributed by atoms with E-state index < -0.39 is 0 Å². The molecule has 0 unspecified atom stereocenters. The average molecular weight is 521 g/mol. The van der Waals surface area contributed by atoms with Crippen molar-refractivity contribution in [1.29, 1.82) is 0 Å². The van der Waals surface area contributed by atoms with E-state index in [2.05, 4.69) is 51.7 Å². The number of urea groups is 1. The third-order valence-electron chi connectivity index (χ3n) is 5.14. The number of carbonyl (C=O) groups excluding carboxylic acids is 1. The average Bonchev–Trinajstić information content (AvgIpc) is 3.26. The maximum atomic E-state index is 12.3. The topological polar surface area (TPSA) is 60.0 Å². The van der Waals surface area contributed by atoms with Gasteiger partial charge in [-0.15, -0.1) is 24.0 Å². The second-order valence-electron chi connectivity index (χ2n) is 7.57. The minimum Gasteiger partial charge on any atom is -0.352 e. The van der Waals surface area contributed by atoms with Gasteiger partial charge < -0.3 is 20.4 Å². The maximum absolute atomic E-state index is 12.3. The summed E-state index contributed by atoms with van der Waals surface area (Å²) in [5.41, 5.74) is 4.42. The first-order chi connectivity index (χ1) is 14.0. The first-order valence-corrected chi connectivity index (χ1v) is 10.2. The fourth-order valence-corrected chi connectivity index (χ4v) is 3.49. The molecule has 1 aliphatic rings. The lowest BCUT2D eigenvalue weighted by Crippen LogP contribution is -2.38. The largest absolute Gasteiger partial charge is 0.352 e. The number of aliphatic imine (C=N–C) groups is 1. The predicted molar refractivity (Wildman–Crippen MR) is 135 cm³/mol. The van der Waals surface area contributed by atoms with Crippen molar-refractivity contribution in [3.63, 3.8) is 0 Å². The summed E-state index contributed by atoms with van der Waals surface area (Å²) in [6.45, 7) is 5.20. The van der Waals surface area contributed by atoms with Crippen LogP contribution in [0.15, 0.2) is 53.5 Å². The number of benzene rings is 2. The van der Waals surface area contributed by atoms with E-state index in [4.69, 9.17) is 0 Å². The van der Waals surface area contributed by atoms with Crippen LogP contribution in [0, 0.1) is 6.92 Å². The van der Waals surface area contributed by atoms with Gasteiger partial charge in [0.05, 0.1) is 0 Å².